The van der Waals surface area contributed by atoms with Gasteiger partial charge in [0.05, 0.1) is 0 Å². The molecule has 6 heteroatoms. The number of hydrogen-bond acceptors (Lipinski definition) is 5. The molecule has 5 nitrogen and oxygen atoms in total. The number of rotatable bonds is 2. The van der Waals surface area contributed by atoms with Crippen molar-refractivity contribution in [2.75, 3.05) is 6.26 Å². The van der Waals surface area contributed by atoms with Crippen LogP contribution in [0, 0.1) is 0 Å². The van der Waals surface area contributed by atoms with Gasteiger partial charge in [0, 0.05) is 0 Å². The average Bonchev–Trinajstić information content (AvgIpc) is 2.59. The first-order valence-electron chi connectivity index (χ1n) is 3.55. The summed E-state index contributed by atoms with van der Waals surface area (Å²) >= 11 is 1.48. The van der Waals surface area contributed by atoms with E-state index in [2.05, 4.69) is 19.9 Å². The Bertz CT molecular complexity index is 453. The number of carbonyl (C=O) groups is 1. The smallest absolute Gasteiger partial charge is 0.185 e. The predicted octanol–water partition coefficient (Wildman–Crippen LogP) is 0.887. The first-order valence-corrected chi connectivity index (χ1v) is 4.77. The van der Waals surface area contributed by atoms with Crippen molar-refractivity contribution in [3.63, 3.8) is 0 Å². The molecule has 0 saturated carbocycles. The zero-order chi connectivity index (χ0) is 9.26. The van der Waals surface area contributed by atoms with E-state index in [0.29, 0.717) is 11.9 Å². The molecule has 0 saturated heterocycles. The Morgan fingerprint density at radius 2 is 2.38 bits per heavy atom. The van der Waals surface area contributed by atoms with Crippen LogP contribution in [-0.4, -0.2) is 32.5 Å². The van der Waals surface area contributed by atoms with Crippen molar-refractivity contribution >= 4 is 29.2 Å². The Kier molecular flexibility index (Phi) is 1.97. The van der Waals surface area contributed by atoms with Gasteiger partial charge in [-0.1, -0.05) is 0 Å². The van der Waals surface area contributed by atoms with E-state index in [1.54, 1.807) is 0 Å². The molecular weight excluding hydrogens is 188 g/mol. The number of aromatic amines is 1. The molecule has 0 amide bonds. The standard InChI is InChI=1S/C7H6N4OS/c1-13-7-5-6(8-3-9-7)11-4(2-12)10-5/h2-3H,1H3,(H,8,9,10,11). The molecule has 1 N–H and O–H groups in total. The summed E-state index contributed by atoms with van der Waals surface area (Å²) in [5.41, 5.74) is 1.25. The van der Waals surface area contributed by atoms with E-state index < -0.39 is 0 Å². The number of imidazole rings is 1. The van der Waals surface area contributed by atoms with Gasteiger partial charge in [-0.2, -0.15) is 0 Å². The molecule has 0 aliphatic heterocycles. The largest absolute Gasteiger partial charge is 0.332 e. The molecule has 2 aromatic heterocycles. The van der Waals surface area contributed by atoms with Crippen LogP contribution < -0.4 is 0 Å². The molecule has 0 bridgehead atoms. The van der Waals surface area contributed by atoms with Crippen molar-refractivity contribution in [2.24, 2.45) is 0 Å². The average molecular weight is 194 g/mol. The fourth-order valence-electron chi connectivity index (χ4n) is 1.04. The Balaban J connectivity index is 2.74. The van der Waals surface area contributed by atoms with Crippen LogP contribution in [0.3, 0.4) is 0 Å². The Labute approximate surface area is 78.0 Å². The highest BCUT2D eigenvalue weighted by Gasteiger charge is 2.07. The Morgan fingerprint density at radius 1 is 1.54 bits per heavy atom. The molecule has 13 heavy (non-hydrogen) atoms. The molecule has 0 aliphatic rings. The van der Waals surface area contributed by atoms with Crippen LogP contribution in [0.1, 0.15) is 10.6 Å². The van der Waals surface area contributed by atoms with E-state index in [4.69, 9.17) is 0 Å². The number of carbonyl (C=O) groups excluding carboxylic acids is 1. The van der Waals surface area contributed by atoms with Gasteiger partial charge in [0.2, 0.25) is 0 Å². The lowest BCUT2D eigenvalue weighted by Gasteiger charge is -1.93. The highest BCUT2D eigenvalue weighted by atomic mass is 32.2. The second kappa shape index (κ2) is 3.14. The van der Waals surface area contributed by atoms with Crippen LogP contribution in [-0.2, 0) is 0 Å². The zero-order valence-corrected chi connectivity index (χ0v) is 7.63. The summed E-state index contributed by atoms with van der Waals surface area (Å²) in [6.07, 6.45) is 4.00. The van der Waals surface area contributed by atoms with Crippen molar-refractivity contribution in [1.29, 1.82) is 0 Å². The normalized spacial score (nSPS) is 10.5. The minimum atomic E-state index is 0.283. The van der Waals surface area contributed by atoms with Gasteiger partial charge in [-0.25, -0.2) is 15.0 Å². The van der Waals surface area contributed by atoms with E-state index >= 15 is 0 Å². The minimum absolute atomic E-state index is 0.283. The lowest BCUT2D eigenvalue weighted by Crippen LogP contribution is -1.83. The molecule has 0 fully saturated rings. The number of aromatic nitrogens is 4. The molecule has 2 heterocycles. The van der Waals surface area contributed by atoms with Gasteiger partial charge in [-0.3, -0.25) is 4.79 Å². The fourth-order valence-corrected chi connectivity index (χ4v) is 1.53. The fraction of sp³-hybridized carbons (Fsp3) is 0.143. The van der Waals surface area contributed by atoms with Crippen molar-refractivity contribution in [2.45, 2.75) is 5.03 Å². The van der Waals surface area contributed by atoms with Crippen LogP contribution in [0.15, 0.2) is 11.4 Å². The summed E-state index contributed by atoms with van der Waals surface area (Å²) in [7, 11) is 0. The number of hydrogen-bond donors (Lipinski definition) is 1. The lowest BCUT2D eigenvalue weighted by molar-refractivity contribution is 0.111. The van der Waals surface area contributed by atoms with Crippen LogP contribution in [0.4, 0.5) is 0 Å². The molecule has 2 aromatic rings. The van der Waals surface area contributed by atoms with Crippen LogP contribution >= 0.6 is 11.8 Å². The molecule has 0 aliphatic carbocycles. The highest BCUT2D eigenvalue weighted by Crippen LogP contribution is 2.19. The number of fused-ring (bicyclic) bond motifs is 1. The molecule has 0 aromatic carbocycles. The van der Waals surface area contributed by atoms with Gasteiger partial charge >= 0.3 is 0 Å². The van der Waals surface area contributed by atoms with Crippen molar-refractivity contribution in [3.8, 4) is 0 Å². The van der Waals surface area contributed by atoms with Crippen molar-refractivity contribution in [3.05, 3.63) is 12.2 Å². The molecule has 0 radical (unpaired) electrons. The lowest BCUT2D eigenvalue weighted by atomic mass is 10.6. The summed E-state index contributed by atoms with van der Waals surface area (Å²) in [4.78, 5) is 25.2. The summed E-state index contributed by atoms with van der Waals surface area (Å²) in [6.45, 7) is 0. The summed E-state index contributed by atoms with van der Waals surface area (Å²) < 4.78 is 0. The van der Waals surface area contributed by atoms with E-state index in [1.165, 1.54) is 18.1 Å². The van der Waals surface area contributed by atoms with Gasteiger partial charge < -0.3 is 4.98 Å². The minimum Gasteiger partial charge on any atom is -0.332 e. The molecule has 2 rings (SSSR count). The number of thioether (sulfide) groups is 1. The zero-order valence-electron chi connectivity index (χ0n) is 6.81. The van der Waals surface area contributed by atoms with Gasteiger partial charge in [0.15, 0.2) is 17.8 Å². The molecule has 0 atom stereocenters. The third-order valence-corrected chi connectivity index (χ3v) is 2.27. The van der Waals surface area contributed by atoms with Crippen molar-refractivity contribution in [1.82, 2.24) is 19.9 Å². The van der Waals surface area contributed by atoms with Gasteiger partial charge in [0.1, 0.15) is 16.9 Å². The molecule has 0 unspecified atom stereocenters. The van der Waals surface area contributed by atoms with Crippen LogP contribution in [0.5, 0.6) is 0 Å². The van der Waals surface area contributed by atoms with Crippen LogP contribution in [0.25, 0.3) is 11.2 Å². The molecule has 0 spiro atoms. The number of H-pyrrole nitrogens is 1. The van der Waals surface area contributed by atoms with E-state index in [0.717, 1.165) is 10.5 Å². The second-order valence-corrected chi connectivity index (χ2v) is 3.12. The maximum absolute atomic E-state index is 10.4. The Morgan fingerprint density at radius 3 is 3.08 bits per heavy atom. The number of nitrogens with zero attached hydrogens (tertiary/aromatic N) is 3. The summed E-state index contributed by atoms with van der Waals surface area (Å²) in [5, 5.41) is 0.797. The second-order valence-electron chi connectivity index (χ2n) is 2.32. The monoisotopic (exact) mass is 194 g/mol. The van der Waals surface area contributed by atoms with E-state index in [1.807, 2.05) is 6.26 Å². The first-order chi connectivity index (χ1) is 6.35. The van der Waals surface area contributed by atoms with E-state index in [-0.39, 0.29) is 5.82 Å². The van der Waals surface area contributed by atoms with Gasteiger partial charge in [0.25, 0.3) is 0 Å². The summed E-state index contributed by atoms with van der Waals surface area (Å²) in [5.74, 6) is 0.283. The maximum Gasteiger partial charge on any atom is 0.185 e. The Hall–Kier alpha value is -1.43. The maximum atomic E-state index is 10.4. The third kappa shape index (κ3) is 1.29. The quantitative estimate of drug-likeness (QED) is 0.436. The molecular formula is C7H6N4OS. The highest BCUT2D eigenvalue weighted by molar-refractivity contribution is 7.98. The summed E-state index contributed by atoms with van der Waals surface area (Å²) in [6, 6.07) is 0. The van der Waals surface area contributed by atoms with Gasteiger partial charge in [-0.05, 0) is 6.26 Å². The third-order valence-electron chi connectivity index (χ3n) is 1.58. The van der Waals surface area contributed by atoms with Crippen LogP contribution in [0.2, 0.25) is 0 Å². The predicted molar refractivity (Wildman–Crippen MR) is 48.9 cm³/mol. The van der Waals surface area contributed by atoms with Gasteiger partial charge in [-0.15, -0.1) is 11.8 Å². The van der Waals surface area contributed by atoms with Crippen molar-refractivity contribution < 1.29 is 4.79 Å². The topological polar surface area (TPSA) is 71.5 Å². The SMILES string of the molecule is CSc1ncnc2nc(C=O)[nH]c12. The first kappa shape index (κ1) is 8.18. The number of nitrogens with one attached hydrogen (secondary N) is 1. The number of aldehydes is 1. The van der Waals surface area contributed by atoms with E-state index in [9.17, 15) is 4.79 Å². The molecule has 66 valence electrons.